The fourth-order valence-electron chi connectivity index (χ4n) is 1.08. The highest BCUT2D eigenvalue weighted by Crippen LogP contribution is 2.06. The maximum Gasteiger partial charge on any atom is 0.362 e. The predicted octanol–water partition coefficient (Wildman–Crippen LogP) is 1.36. The van der Waals surface area contributed by atoms with Crippen LogP contribution in [0.3, 0.4) is 0 Å². The van der Waals surface area contributed by atoms with Crippen LogP contribution in [0.4, 0.5) is 10.1 Å². The highest BCUT2D eigenvalue weighted by atomic mass is 35.5. The molecule has 0 radical (unpaired) electrons. The number of nitrogens with one attached hydrogen (secondary N) is 1. The van der Waals surface area contributed by atoms with Crippen molar-refractivity contribution in [3.63, 3.8) is 0 Å². The second-order valence-corrected chi connectivity index (χ2v) is 3.48. The normalized spacial score (nSPS) is 11.0. The molecule has 0 aliphatic heterocycles. The van der Waals surface area contributed by atoms with E-state index in [9.17, 15) is 14.0 Å². The van der Waals surface area contributed by atoms with Crippen LogP contribution in [0.5, 0.6) is 0 Å². The fraction of sp³-hybridized carbons (Fsp3) is 0.273. The van der Waals surface area contributed by atoms with Gasteiger partial charge in [0.15, 0.2) is 0 Å². The fourth-order valence-corrected chi connectivity index (χ4v) is 1.20. The minimum absolute atomic E-state index is 0.0945. The maximum atomic E-state index is 12.8. The van der Waals surface area contributed by atoms with E-state index in [1.54, 1.807) is 6.92 Å². The summed E-state index contributed by atoms with van der Waals surface area (Å²) in [6.45, 7) is 1.68. The molecule has 19 heavy (non-hydrogen) atoms. The van der Waals surface area contributed by atoms with Crippen LogP contribution in [0.25, 0.3) is 0 Å². The van der Waals surface area contributed by atoms with Crippen molar-refractivity contribution in [1.82, 2.24) is 4.98 Å². The number of esters is 1. The third-order valence-corrected chi connectivity index (χ3v) is 2.12. The summed E-state index contributed by atoms with van der Waals surface area (Å²) < 4.78 is 17.5. The van der Waals surface area contributed by atoms with Gasteiger partial charge in [0.1, 0.15) is 0 Å². The van der Waals surface area contributed by atoms with Gasteiger partial charge in [0, 0.05) is 12.3 Å². The van der Waals surface area contributed by atoms with Crippen LogP contribution in [-0.4, -0.2) is 34.9 Å². The van der Waals surface area contributed by atoms with Crippen LogP contribution in [0.1, 0.15) is 6.92 Å². The number of carbonyl (C=O) groups is 2. The molecule has 6 nitrogen and oxygen atoms in total. The molecule has 0 fully saturated rings. The van der Waals surface area contributed by atoms with Crippen LogP contribution in [-0.2, 0) is 14.3 Å². The number of ketones is 1. The van der Waals surface area contributed by atoms with Gasteiger partial charge in [-0.2, -0.15) is 9.49 Å². The van der Waals surface area contributed by atoms with E-state index < -0.39 is 29.3 Å². The van der Waals surface area contributed by atoms with Crippen molar-refractivity contribution in [1.29, 1.82) is 0 Å². The summed E-state index contributed by atoms with van der Waals surface area (Å²) in [5.74, 6) is -2.72. The standard InChI is InChI=1S/C11H11ClFN3O3/c1-2-19-11(18)10(8(17)6-12)16-15-7-3-4-14-9(13)5-7/h3-5H,2,6H2,1H3,(H,14,15)/b16-10+. The van der Waals surface area contributed by atoms with Gasteiger partial charge in [0.05, 0.1) is 18.2 Å². The summed E-state index contributed by atoms with van der Waals surface area (Å²) in [4.78, 5) is 26.2. The van der Waals surface area contributed by atoms with E-state index in [0.29, 0.717) is 0 Å². The number of Topliss-reactive ketones (excluding diaryl/α,β-unsaturated/α-hetero) is 1. The molecule has 0 atom stereocenters. The molecule has 1 N–H and O–H groups in total. The highest BCUT2D eigenvalue weighted by molar-refractivity contribution is 6.67. The summed E-state index contributed by atoms with van der Waals surface area (Å²) in [5, 5.41) is 3.59. The number of pyridine rings is 1. The Morgan fingerprint density at radius 3 is 2.89 bits per heavy atom. The molecule has 0 unspecified atom stereocenters. The van der Waals surface area contributed by atoms with E-state index in [0.717, 1.165) is 6.07 Å². The minimum Gasteiger partial charge on any atom is -0.461 e. The SMILES string of the molecule is CCOC(=O)/C(=N/Nc1ccnc(F)c1)C(=O)CCl. The van der Waals surface area contributed by atoms with Crippen molar-refractivity contribution in [2.24, 2.45) is 5.10 Å². The highest BCUT2D eigenvalue weighted by Gasteiger charge is 2.21. The van der Waals surface area contributed by atoms with E-state index in [2.05, 4.69) is 20.2 Å². The molecule has 0 saturated heterocycles. The van der Waals surface area contributed by atoms with Crippen molar-refractivity contribution in [2.45, 2.75) is 6.92 Å². The average Bonchev–Trinajstić information content (AvgIpc) is 2.39. The topological polar surface area (TPSA) is 80.7 Å². The Labute approximate surface area is 113 Å². The number of hydrogen-bond donors (Lipinski definition) is 1. The maximum absolute atomic E-state index is 12.8. The number of carbonyl (C=O) groups excluding carboxylic acids is 2. The molecule has 8 heteroatoms. The lowest BCUT2D eigenvalue weighted by molar-refractivity contribution is -0.135. The van der Waals surface area contributed by atoms with Crippen LogP contribution in [0.2, 0.25) is 0 Å². The second kappa shape index (κ2) is 7.42. The van der Waals surface area contributed by atoms with E-state index in [1.807, 2.05) is 0 Å². The van der Waals surface area contributed by atoms with Gasteiger partial charge in [-0.25, -0.2) is 9.78 Å². The van der Waals surface area contributed by atoms with Gasteiger partial charge in [0.25, 0.3) is 0 Å². The summed E-state index contributed by atoms with van der Waals surface area (Å²) in [6.07, 6.45) is 1.21. The molecule has 0 aromatic carbocycles. The molecule has 102 valence electrons. The van der Waals surface area contributed by atoms with Crippen LogP contribution >= 0.6 is 11.6 Å². The summed E-state index contributed by atoms with van der Waals surface area (Å²) in [7, 11) is 0. The third kappa shape index (κ3) is 4.63. The second-order valence-electron chi connectivity index (χ2n) is 3.22. The Morgan fingerprint density at radius 1 is 1.58 bits per heavy atom. The van der Waals surface area contributed by atoms with E-state index in [-0.39, 0.29) is 12.3 Å². The molecular weight excluding hydrogens is 277 g/mol. The Morgan fingerprint density at radius 2 is 2.32 bits per heavy atom. The van der Waals surface area contributed by atoms with Gasteiger partial charge in [-0.3, -0.25) is 10.2 Å². The van der Waals surface area contributed by atoms with Crippen molar-refractivity contribution in [3.8, 4) is 0 Å². The zero-order valence-corrected chi connectivity index (χ0v) is 10.8. The number of anilines is 1. The van der Waals surface area contributed by atoms with E-state index in [1.165, 1.54) is 12.3 Å². The number of aromatic nitrogens is 1. The molecule has 0 amide bonds. The lowest BCUT2D eigenvalue weighted by Gasteiger charge is -2.05. The van der Waals surface area contributed by atoms with Crippen LogP contribution in [0.15, 0.2) is 23.4 Å². The number of ether oxygens (including phenoxy) is 1. The molecule has 1 rings (SSSR count). The molecule has 0 aliphatic rings. The Kier molecular flexibility index (Phi) is 5.87. The first-order valence-corrected chi connectivity index (χ1v) is 5.83. The first-order valence-electron chi connectivity index (χ1n) is 5.30. The summed E-state index contributed by atoms with van der Waals surface area (Å²) in [6, 6.07) is 2.47. The van der Waals surface area contributed by atoms with Crippen molar-refractivity contribution in [3.05, 3.63) is 24.3 Å². The molecule has 1 aromatic heterocycles. The smallest absolute Gasteiger partial charge is 0.362 e. The zero-order valence-electron chi connectivity index (χ0n) is 10.0. The Balaban J connectivity index is 2.88. The number of hydrazone groups is 1. The van der Waals surface area contributed by atoms with Gasteiger partial charge in [-0.05, 0) is 13.0 Å². The number of nitrogens with zero attached hydrogens (tertiary/aromatic N) is 2. The lowest BCUT2D eigenvalue weighted by atomic mass is 10.3. The lowest BCUT2D eigenvalue weighted by Crippen LogP contribution is -2.28. The summed E-state index contributed by atoms with van der Waals surface area (Å²) >= 11 is 5.36. The van der Waals surface area contributed by atoms with Gasteiger partial charge >= 0.3 is 5.97 Å². The quantitative estimate of drug-likeness (QED) is 0.213. The van der Waals surface area contributed by atoms with Crippen molar-refractivity contribution in [2.75, 3.05) is 17.9 Å². The molecule has 0 aliphatic carbocycles. The largest absolute Gasteiger partial charge is 0.461 e. The zero-order chi connectivity index (χ0) is 14.3. The average molecular weight is 288 g/mol. The van der Waals surface area contributed by atoms with Gasteiger partial charge in [-0.1, -0.05) is 0 Å². The van der Waals surface area contributed by atoms with Crippen molar-refractivity contribution >= 4 is 34.8 Å². The number of halogens is 2. The van der Waals surface area contributed by atoms with Crippen molar-refractivity contribution < 1.29 is 18.7 Å². The first-order chi connectivity index (χ1) is 9.08. The predicted molar refractivity (Wildman–Crippen MR) is 67.6 cm³/mol. The Hall–Kier alpha value is -2.02. The first kappa shape index (κ1) is 15.0. The van der Waals surface area contributed by atoms with Crippen LogP contribution in [0, 0.1) is 5.95 Å². The molecule has 0 bridgehead atoms. The monoisotopic (exact) mass is 287 g/mol. The number of hydrogen-bond acceptors (Lipinski definition) is 6. The van der Waals surface area contributed by atoms with Crippen LogP contribution < -0.4 is 5.43 Å². The molecule has 0 spiro atoms. The molecule has 1 heterocycles. The third-order valence-electron chi connectivity index (χ3n) is 1.88. The number of rotatable bonds is 6. The Bertz CT molecular complexity index is 508. The molecule has 0 saturated carbocycles. The van der Waals surface area contributed by atoms with Gasteiger partial charge in [-0.15, -0.1) is 11.6 Å². The molecular formula is C11H11ClFN3O3. The molecule has 1 aromatic rings. The minimum atomic E-state index is -0.893. The van der Waals surface area contributed by atoms with Gasteiger partial charge in [0.2, 0.25) is 17.4 Å². The van der Waals surface area contributed by atoms with E-state index in [4.69, 9.17) is 11.6 Å². The summed E-state index contributed by atoms with van der Waals surface area (Å²) in [5.41, 5.74) is 2.12. The number of alkyl halides is 1. The van der Waals surface area contributed by atoms with Gasteiger partial charge < -0.3 is 4.74 Å². The van der Waals surface area contributed by atoms with E-state index >= 15 is 0 Å².